The lowest BCUT2D eigenvalue weighted by Crippen LogP contribution is -2.41. The van der Waals surface area contributed by atoms with Crippen LogP contribution >= 0.6 is 0 Å². The molecule has 1 aromatic heterocycles. The summed E-state index contributed by atoms with van der Waals surface area (Å²) in [6.07, 6.45) is 0. The van der Waals surface area contributed by atoms with Crippen molar-refractivity contribution in [2.75, 3.05) is 36.0 Å². The Bertz CT molecular complexity index is 570. The molecule has 1 aromatic rings. The van der Waals surface area contributed by atoms with Gasteiger partial charge in [-0.3, -0.25) is 0 Å². The monoisotopic (exact) mass is 297 g/mol. The molecule has 1 aliphatic rings. The van der Waals surface area contributed by atoms with Crippen LogP contribution < -0.4 is 10.2 Å². The molecule has 0 radical (unpaired) electrons. The third-order valence-corrected chi connectivity index (χ3v) is 5.26. The van der Waals surface area contributed by atoms with E-state index in [1.165, 1.54) is 11.1 Å². The molecule has 0 unspecified atom stereocenters. The van der Waals surface area contributed by atoms with E-state index in [2.05, 4.69) is 35.1 Å². The summed E-state index contributed by atoms with van der Waals surface area (Å²) in [4.78, 5) is 6.75. The minimum atomic E-state index is -2.86. The Balaban J connectivity index is 2.30. The topological polar surface area (TPSA) is 62.3 Å². The molecule has 1 saturated heterocycles. The van der Waals surface area contributed by atoms with Crippen molar-refractivity contribution in [1.29, 1.82) is 0 Å². The van der Waals surface area contributed by atoms with Gasteiger partial charge in [0.05, 0.1) is 11.5 Å². The Labute approximate surface area is 121 Å². The van der Waals surface area contributed by atoms with Crippen LogP contribution in [0.1, 0.15) is 23.7 Å². The molecular weight excluding hydrogens is 274 g/mol. The van der Waals surface area contributed by atoms with E-state index < -0.39 is 9.84 Å². The molecule has 5 nitrogen and oxygen atoms in total. The van der Waals surface area contributed by atoms with Crippen molar-refractivity contribution < 1.29 is 8.42 Å². The van der Waals surface area contributed by atoms with E-state index in [0.29, 0.717) is 13.1 Å². The molecule has 0 amide bonds. The third-order valence-electron chi connectivity index (χ3n) is 3.65. The van der Waals surface area contributed by atoms with E-state index in [9.17, 15) is 8.42 Å². The molecule has 0 spiro atoms. The highest BCUT2D eigenvalue weighted by molar-refractivity contribution is 7.91. The second-order valence-corrected chi connectivity index (χ2v) is 7.61. The summed E-state index contributed by atoms with van der Waals surface area (Å²) in [5, 5.41) is 3.34. The summed E-state index contributed by atoms with van der Waals surface area (Å²) in [5.74, 6) is 1.39. The summed E-state index contributed by atoms with van der Waals surface area (Å²) in [6.45, 7) is 8.90. The fourth-order valence-electron chi connectivity index (χ4n) is 2.50. The number of nitrogens with zero attached hydrogens (tertiary/aromatic N) is 2. The van der Waals surface area contributed by atoms with Crippen molar-refractivity contribution in [3.05, 3.63) is 22.9 Å². The van der Waals surface area contributed by atoms with Crippen molar-refractivity contribution in [3.8, 4) is 0 Å². The first kappa shape index (κ1) is 15.3. The highest BCUT2D eigenvalue weighted by Crippen LogP contribution is 2.24. The van der Waals surface area contributed by atoms with Gasteiger partial charge in [-0.05, 0) is 32.0 Å². The highest BCUT2D eigenvalue weighted by Gasteiger charge is 2.24. The van der Waals surface area contributed by atoms with E-state index in [1.54, 1.807) is 0 Å². The van der Waals surface area contributed by atoms with Gasteiger partial charge in [0.25, 0.3) is 0 Å². The predicted octanol–water partition coefficient (Wildman–Crippen LogP) is 1.04. The molecule has 6 heteroatoms. The van der Waals surface area contributed by atoms with Gasteiger partial charge in [0.2, 0.25) is 0 Å². The number of aromatic nitrogens is 1. The minimum Gasteiger partial charge on any atom is -0.354 e. The molecule has 20 heavy (non-hydrogen) atoms. The quantitative estimate of drug-likeness (QED) is 0.900. The Morgan fingerprint density at radius 2 is 1.95 bits per heavy atom. The first-order valence-corrected chi connectivity index (χ1v) is 8.88. The molecule has 112 valence electrons. The summed E-state index contributed by atoms with van der Waals surface area (Å²) < 4.78 is 23.1. The Kier molecular flexibility index (Phi) is 4.65. The molecule has 0 aliphatic carbocycles. The zero-order valence-corrected chi connectivity index (χ0v) is 13.3. The van der Waals surface area contributed by atoms with E-state index >= 15 is 0 Å². The molecular formula is C14H23N3O2S. The maximum Gasteiger partial charge on any atom is 0.153 e. The largest absolute Gasteiger partial charge is 0.354 e. The first-order valence-electron chi connectivity index (χ1n) is 7.06. The standard InChI is InChI=1S/C14H23N3O2S/c1-4-15-10-13-11(2)9-12(3)16-14(13)17-5-7-20(18,19)8-6-17/h9,15H,4-8,10H2,1-3H3. The second kappa shape index (κ2) is 6.10. The van der Waals surface area contributed by atoms with Crippen LogP contribution in [-0.4, -0.2) is 44.5 Å². The zero-order valence-electron chi connectivity index (χ0n) is 12.4. The van der Waals surface area contributed by atoms with E-state index in [-0.39, 0.29) is 11.5 Å². The van der Waals surface area contributed by atoms with Crippen LogP contribution in [0.15, 0.2) is 6.07 Å². The van der Waals surface area contributed by atoms with Gasteiger partial charge in [0.1, 0.15) is 5.82 Å². The number of sulfone groups is 1. The van der Waals surface area contributed by atoms with E-state index in [4.69, 9.17) is 0 Å². The van der Waals surface area contributed by atoms with Crippen LogP contribution in [0.25, 0.3) is 0 Å². The number of anilines is 1. The molecule has 2 rings (SSSR count). The number of aryl methyl sites for hydroxylation is 2. The Morgan fingerprint density at radius 1 is 1.30 bits per heavy atom. The third kappa shape index (κ3) is 3.49. The summed E-state index contributed by atoms with van der Waals surface area (Å²) >= 11 is 0. The average Bonchev–Trinajstić information content (AvgIpc) is 2.37. The van der Waals surface area contributed by atoms with Gasteiger partial charge in [-0.1, -0.05) is 6.92 Å². The van der Waals surface area contributed by atoms with Gasteiger partial charge < -0.3 is 10.2 Å². The number of hydrogen-bond donors (Lipinski definition) is 1. The first-order chi connectivity index (χ1) is 9.43. The normalized spacial score (nSPS) is 18.2. The lowest BCUT2D eigenvalue weighted by Gasteiger charge is -2.30. The van der Waals surface area contributed by atoms with Crippen molar-refractivity contribution in [1.82, 2.24) is 10.3 Å². The fraction of sp³-hybridized carbons (Fsp3) is 0.643. The zero-order chi connectivity index (χ0) is 14.8. The molecule has 1 N–H and O–H groups in total. The lowest BCUT2D eigenvalue weighted by atomic mass is 10.1. The Morgan fingerprint density at radius 3 is 2.55 bits per heavy atom. The number of nitrogens with one attached hydrogen (secondary N) is 1. The average molecular weight is 297 g/mol. The number of pyridine rings is 1. The van der Waals surface area contributed by atoms with Gasteiger partial charge >= 0.3 is 0 Å². The maximum atomic E-state index is 11.6. The molecule has 2 heterocycles. The van der Waals surface area contributed by atoms with Gasteiger partial charge in [-0.2, -0.15) is 0 Å². The van der Waals surface area contributed by atoms with Crippen molar-refractivity contribution in [2.45, 2.75) is 27.3 Å². The molecule has 0 bridgehead atoms. The number of hydrogen-bond acceptors (Lipinski definition) is 5. The second-order valence-electron chi connectivity index (χ2n) is 5.30. The van der Waals surface area contributed by atoms with Gasteiger partial charge in [-0.25, -0.2) is 13.4 Å². The number of rotatable bonds is 4. The molecule has 1 aliphatic heterocycles. The van der Waals surface area contributed by atoms with Crippen molar-refractivity contribution in [2.24, 2.45) is 0 Å². The molecule has 0 saturated carbocycles. The van der Waals surface area contributed by atoms with Crippen molar-refractivity contribution >= 4 is 15.7 Å². The van der Waals surface area contributed by atoms with E-state index in [1.807, 2.05) is 6.92 Å². The lowest BCUT2D eigenvalue weighted by molar-refractivity contribution is 0.585. The van der Waals surface area contributed by atoms with Crippen LogP contribution in [0.2, 0.25) is 0 Å². The highest BCUT2D eigenvalue weighted by atomic mass is 32.2. The van der Waals surface area contributed by atoms with Gasteiger partial charge in [0.15, 0.2) is 9.84 Å². The molecule has 0 atom stereocenters. The van der Waals surface area contributed by atoms with Crippen molar-refractivity contribution in [3.63, 3.8) is 0 Å². The van der Waals surface area contributed by atoms with E-state index in [0.717, 1.165) is 24.6 Å². The SMILES string of the molecule is CCNCc1c(C)cc(C)nc1N1CCS(=O)(=O)CC1. The maximum absolute atomic E-state index is 11.6. The Hall–Kier alpha value is -1.14. The van der Waals surface area contributed by atoms with Gasteiger partial charge in [0, 0.05) is 30.9 Å². The van der Waals surface area contributed by atoms with Crippen LogP contribution in [0, 0.1) is 13.8 Å². The molecule has 1 fully saturated rings. The van der Waals surface area contributed by atoms with Gasteiger partial charge in [-0.15, -0.1) is 0 Å². The van der Waals surface area contributed by atoms with Crippen LogP contribution in [-0.2, 0) is 16.4 Å². The fourth-order valence-corrected chi connectivity index (χ4v) is 3.70. The minimum absolute atomic E-state index is 0.225. The van der Waals surface area contributed by atoms with Crippen LogP contribution in [0.5, 0.6) is 0 Å². The van der Waals surface area contributed by atoms with Crippen LogP contribution in [0.4, 0.5) is 5.82 Å². The summed E-state index contributed by atoms with van der Waals surface area (Å²) in [6, 6.07) is 2.08. The summed E-state index contributed by atoms with van der Waals surface area (Å²) in [5.41, 5.74) is 3.37. The smallest absolute Gasteiger partial charge is 0.153 e. The van der Waals surface area contributed by atoms with Crippen LogP contribution in [0.3, 0.4) is 0 Å². The predicted molar refractivity (Wildman–Crippen MR) is 82.0 cm³/mol. The summed E-state index contributed by atoms with van der Waals surface area (Å²) in [7, 11) is -2.86. The molecule has 0 aromatic carbocycles.